The summed E-state index contributed by atoms with van der Waals surface area (Å²) in [6, 6.07) is 10.6. The third-order valence-electron chi connectivity index (χ3n) is 4.67. The van der Waals surface area contributed by atoms with Crippen LogP contribution in [0.25, 0.3) is 5.76 Å². The van der Waals surface area contributed by atoms with E-state index < -0.39 is 17.5 Å². The third-order valence-corrected chi connectivity index (χ3v) is 4.67. The van der Waals surface area contributed by atoms with Crippen LogP contribution in [0.1, 0.15) is 39.6 Å². The molecular weight excluding hydrogens is 376 g/mol. The summed E-state index contributed by atoms with van der Waals surface area (Å²) in [5.41, 5.74) is 0.446. The maximum Gasteiger partial charge on any atom is 0.342 e. The van der Waals surface area contributed by atoms with E-state index >= 15 is 0 Å². The van der Waals surface area contributed by atoms with Crippen LogP contribution in [-0.4, -0.2) is 41.5 Å². The van der Waals surface area contributed by atoms with E-state index in [1.807, 2.05) is 0 Å². The lowest BCUT2D eigenvalue weighted by atomic mass is 9.85. The smallest absolute Gasteiger partial charge is 0.342 e. The fourth-order valence-electron chi connectivity index (χ4n) is 3.12. The third kappa shape index (κ3) is 3.99. The van der Waals surface area contributed by atoms with Gasteiger partial charge in [0.1, 0.15) is 22.8 Å². The van der Waals surface area contributed by atoms with Crippen molar-refractivity contribution in [3.63, 3.8) is 0 Å². The second-order valence-corrected chi connectivity index (χ2v) is 6.82. The first-order valence-electron chi connectivity index (χ1n) is 8.98. The zero-order chi connectivity index (χ0) is 21.1. The van der Waals surface area contributed by atoms with Crippen LogP contribution in [0, 0.1) is 5.92 Å². The van der Waals surface area contributed by atoms with Crippen molar-refractivity contribution in [2.45, 2.75) is 13.3 Å². The second-order valence-electron chi connectivity index (χ2n) is 6.82. The van der Waals surface area contributed by atoms with Crippen LogP contribution in [0.3, 0.4) is 0 Å². The molecule has 0 saturated carbocycles. The molecule has 2 aromatic rings. The average Bonchev–Trinajstić information content (AvgIpc) is 2.73. The Labute approximate surface area is 167 Å². The lowest BCUT2D eigenvalue weighted by Gasteiger charge is -2.20. The molecule has 29 heavy (non-hydrogen) atoms. The van der Waals surface area contributed by atoms with E-state index in [1.54, 1.807) is 25.1 Å². The summed E-state index contributed by atoms with van der Waals surface area (Å²) >= 11 is 0. The van der Waals surface area contributed by atoms with Crippen molar-refractivity contribution >= 4 is 23.3 Å². The number of benzene rings is 2. The number of carbonyl (C=O) groups excluding carboxylic acids is 3. The maximum atomic E-state index is 12.4. The van der Waals surface area contributed by atoms with E-state index in [-0.39, 0.29) is 47.2 Å². The van der Waals surface area contributed by atoms with Crippen LogP contribution < -0.4 is 4.74 Å². The number of aliphatic hydroxyl groups is 1. The number of esters is 1. The van der Waals surface area contributed by atoms with Crippen LogP contribution in [0.2, 0.25) is 0 Å². The number of phenols is 1. The second kappa shape index (κ2) is 8.18. The normalized spacial score (nSPS) is 14.4. The molecule has 1 aliphatic rings. The summed E-state index contributed by atoms with van der Waals surface area (Å²) in [5.74, 6) is -2.61. The summed E-state index contributed by atoms with van der Waals surface area (Å²) in [5, 5.41) is 20.3. The van der Waals surface area contributed by atoms with Gasteiger partial charge in [0, 0.05) is 16.7 Å². The van der Waals surface area contributed by atoms with Crippen LogP contribution in [0.4, 0.5) is 0 Å². The quantitative estimate of drug-likeness (QED) is 0.569. The van der Waals surface area contributed by atoms with Crippen molar-refractivity contribution in [2.24, 2.45) is 5.92 Å². The molecule has 0 radical (unpaired) electrons. The molecule has 1 aliphatic carbocycles. The summed E-state index contributed by atoms with van der Waals surface area (Å²) in [6.07, 6.45) is 0.0577. The number of ketones is 2. The number of allylic oxidation sites excluding steroid dienone is 1. The monoisotopic (exact) mass is 396 g/mol. The Morgan fingerprint density at radius 2 is 1.72 bits per heavy atom. The number of phenolic OH excluding ortho intramolecular Hbond substituents is 1. The number of fused-ring (bicyclic) bond motifs is 1. The molecule has 2 N–H and O–H groups in total. The molecule has 0 heterocycles. The number of aromatic hydroxyl groups is 1. The van der Waals surface area contributed by atoms with Crippen molar-refractivity contribution in [3.05, 3.63) is 64.7 Å². The van der Waals surface area contributed by atoms with E-state index in [4.69, 9.17) is 9.47 Å². The molecule has 0 bridgehead atoms. The Bertz CT molecular complexity index is 1020. The Balaban J connectivity index is 1.71. The predicted molar refractivity (Wildman–Crippen MR) is 104 cm³/mol. The molecule has 0 aliphatic heterocycles. The molecule has 2 aromatic carbocycles. The topological polar surface area (TPSA) is 110 Å². The molecule has 150 valence electrons. The van der Waals surface area contributed by atoms with E-state index in [9.17, 15) is 24.6 Å². The molecule has 1 unspecified atom stereocenters. The molecule has 0 fully saturated rings. The number of aliphatic hydroxyl groups excluding tert-OH is 1. The van der Waals surface area contributed by atoms with E-state index in [2.05, 4.69) is 0 Å². The van der Waals surface area contributed by atoms with Crippen LogP contribution in [0.5, 0.6) is 11.5 Å². The van der Waals surface area contributed by atoms with Crippen LogP contribution in [-0.2, 0) is 9.53 Å². The predicted octanol–water partition coefficient (Wildman–Crippen LogP) is 3.32. The average molecular weight is 396 g/mol. The SMILES string of the molecule is COc1ccc(O)c(C(=O)OCC(C)CC2=C(O)c3ccccc3C(=O)C2=O)c1. The van der Waals surface area contributed by atoms with Crippen molar-refractivity contribution in [3.8, 4) is 11.5 Å². The Morgan fingerprint density at radius 1 is 1.03 bits per heavy atom. The molecule has 7 nitrogen and oxygen atoms in total. The van der Waals surface area contributed by atoms with Gasteiger partial charge in [-0.25, -0.2) is 4.79 Å². The summed E-state index contributed by atoms with van der Waals surface area (Å²) in [7, 11) is 1.43. The molecular formula is C22H20O7. The highest BCUT2D eigenvalue weighted by Gasteiger charge is 2.33. The van der Waals surface area contributed by atoms with Gasteiger partial charge in [0.05, 0.1) is 13.7 Å². The minimum atomic E-state index is -0.759. The summed E-state index contributed by atoms with van der Waals surface area (Å²) in [6.45, 7) is 1.65. The van der Waals surface area contributed by atoms with Gasteiger partial charge in [-0.2, -0.15) is 0 Å². The maximum absolute atomic E-state index is 12.4. The molecule has 0 saturated heterocycles. The van der Waals surface area contributed by atoms with Gasteiger partial charge < -0.3 is 19.7 Å². The number of Topliss-reactive ketones (excluding diaryl/α,β-unsaturated/α-hetero) is 2. The van der Waals surface area contributed by atoms with Crippen molar-refractivity contribution in [2.75, 3.05) is 13.7 Å². The zero-order valence-corrected chi connectivity index (χ0v) is 16.0. The lowest BCUT2D eigenvalue weighted by molar-refractivity contribution is -0.112. The Hall–Kier alpha value is -3.61. The van der Waals surface area contributed by atoms with Crippen molar-refractivity contribution in [1.82, 2.24) is 0 Å². The molecule has 3 rings (SSSR count). The number of rotatable bonds is 6. The minimum absolute atomic E-state index is 0.00137. The lowest BCUT2D eigenvalue weighted by Crippen LogP contribution is -2.26. The van der Waals surface area contributed by atoms with E-state index in [1.165, 1.54) is 31.4 Å². The van der Waals surface area contributed by atoms with Gasteiger partial charge in [0.2, 0.25) is 11.6 Å². The zero-order valence-electron chi connectivity index (χ0n) is 16.0. The largest absolute Gasteiger partial charge is 0.507 e. The van der Waals surface area contributed by atoms with Gasteiger partial charge in [-0.15, -0.1) is 0 Å². The molecule has 0 aromatic heterocycles. The van der Waals surface area contributed by atoms with Gasteiger partial charge in [0.25, 0.3) is 0 Å². The number of carbonyl (C=O) groups is 3. The molecule has 1 atom stereocenters. The van der Waals surface area contributed by atoms with Crippen molar-refractivity contribution < 1.29 is 34.1 Å². The minimum Gasteiger partial charge on any atom is -0.507 e. The van der Waals surface area contributed by atoms with Gasteiger partial charge in [0.15, 0.2) is 0 Å². The van der Waals surface area contributed by atoms with Gasteiger partial charge >= 0.3 is 5.97 Å². The summed E-state index contributed by atoms with van der Waals surface area (Å²) < 4.78 is 10.2. The molecule has 0 amide bonds. The highest BCUT2D eigenvalue weighted by Crippen LogP contribution is 2.31. The first-order valence-corrected chi connectivity index (χ1v) is 8.98. The molecule has 7 heteroatoms. The van der Waals surface area contributed by atoms with E-state index in [0.29, 0.717) is 11.3 Å². The fourth-order valence-corrected chi connectivity index (χ4v) is 3.12. The van der Waals surface area contributed by atoms with Crippen LogP contribution >= 0.6 is 0 Å². The first kappa shape index (κ1) is 20.1. The number of hydrogen-bond acceptors (Lipinski definition) is 7. The Morgan fingerprint density at radius 3 is 2.41 bits per heavy atom. The number of methoxy groups -OCH3 is 1. The van der Waals surface area contributed by atoms with Gasteiger partial charge in [-0.3, -0.25) is 9.59 Å². The fraction of sp³-hybridized carbons (Fsp3) is 0.227. The standard InChI is InChI=1S/C22H20O7/c1-12(11-29-22(27)16-10-13(28-2)7-8-18(16)23)9-17-19(24)14-5-3-4-6-15(14)20(25)21(17)26/h3-8,10,12,23-24H,9,11H2,1-2H3. The summed E-state index contributed by atoms with van der Waals surface area (Å²) in [4.78, 5) is 36.9. The number of ether oxygens (including phenoxy) is 2. The number of hydrogen-bond donors (Lipinski definition) is 2. The highest BCUT2D eigenvalue weighted by atomic mass is 16.5. The first-order chi connectivity index (χ1) is 13.8. The van der Waals surface area contributed by atoms with Gasteiger partial charge in [-0.05, 0) is 30.5 Å². The Kier molecular flexibility index (Phi) is 5.68. The van der Waals surface area contributed by atoms with Gasteiger partial charge in [-0.1, -0.05) is 31.2 Å². The molecule has 0 spiro atoms. The van der Waals surface area contributed by atoms with Crippen molar-refractivity contribution in [1.29, 1.82) is 0 Å². The van der Waals surface area contributed by atoms with E-state index in [0.717, 1.165) is 0 Å². The van der Waals surface area contributed by atoms with Crippen LogP contribution in [0.15, 0.2) is 48.0 Å². The highest BCUT2D eigenvalue weighted by molar-refractivity contribution is 6.52.